The molecule has 1 aliphatic carbocycles. The first-order valence-corrected chi connectivity index (χ1v) is 8.80. The van der Waals surface area contributed by atoms with Crippen LogP contribution in [0.5, 0.6) is 0 Å². The summed E-state index contributed by atoms with van der Waals surface area (Å²) in [7, 11) is 0. The maximum absolute atomic E-state index is 12.6. The average Bonchev–Trinajstić information content (AvgIpc) is 2.67. The molecular formula is C17H28N4O. The minimum Gasteiger partial charge on any atom is -0.348 e. The molecule has 0 unspecified atom stereocenters. The summed E-state index contributed by atoms with van der Waals surface area (Å²) in [5, 5.41) is 11.7. The SMILES string of the molecule is CC(C)CC1(C(=O)NCc2nnc3n2CCCCC3)CCC1. The topological polar surface area (TPSA) is 59.8 Å². The number of hydrogen-bond acceptors (Lipinski definition) is 3. The van der Waals surface area contributed by atoms with Gasteiger partial charge in [-0.25, -0.2) is 0 Å². The third kappa shape index (κ3) is 3.03. The van der Waals surface area contributed by atoms with Crippen LogP contribution in [0.2, 0.25) is 0 Å². The highest BCUT2D eigenvalue weighted by atomic mass is 16.2. The summed E-state index contributed by atoms with van der Waals surface area (Å²) in [5.74, 6) is 2.79. The van der Waals surface area contributed by atoms with E-state index in [2.05, 4.69) is 33.9 Å². The molecule has 0 spiro atoms. The zero-order chi connectivity index (χ0) is 15.6. The lowest BCUT2D eigenvalue weighted by Gasteiger charge is -2.41. The highest BCUT2D eigenvalue weighted by Gasteiger charge is 2.44. The molecule has 0 aromatic carbocycles. The molecule has 1 fully saturated rings. The van der Waals surface area contributed by atoms with Gasteiger partial charge in [0, 0.05) is 18.4 Å². The molecule has 3 rings (SSSR count). The van der Waals surface area contributed by atoms with Crippen molar-refractivity contribution in [2.75, 3.05) is 0 Å². The molecule has 22 heavy (non-hydrogen) atoms. The van der Waals surface area contributed by atoms with E-state index in [-0.39, 0.29) is 11.3 Å². The fourth-order valence-corrected chi connectivity index (χ4v) is 3.93. The summed E-state index contributed by atoms with van der Waals surface area (Å²) in [4.78, 5) is 12.6. The van der Waals surface area contributed by atoms with Crippen LogP contribution in [0.3, 0.4) is 0 Å². The van der Waals surface area contributed by atoms with Crippen LogP contribution in [0.4, 0.5) is 0 Å². The van der Waals surface area contributed by atoms with E-state index in [0.717, 1.165) is 43.9 Å². The van der Waals surface area contributed by atoms with Crippen LogP contribution in [0.1, 0.15) is 70.4 Å². The Morgan fingerprint density at radius 1 is 1.23 bits per heavy atom. The Bertz CT molecular complexity index is 531. The highest BCUT2D eigenvalue weighted by Crippen LogP contribution is 2.46. The third-order valence-electron chi connectivity index (χ3n) is 5.18. The van der Waals surface area contributed by atoms with Crippen molar-refractivity contribution in [1.29, 1.82) is 0 Å². The van der Waals surface area contributed by atoms with Gasteiger partial charge in [-0.05, 0) is 38.0 Å². The minimum atomic E-state index is -0.115. The highest BCUT2D eigenvalue weighted by molar-refractivity contribution is 5.83. The van der Waals surface area contributed by atoms with Gasteiger partial charge in [0.25, 0.3) is 0 Å². The lowest BCUT2D eigenvalue weighted by atomic mass is 9.64. The monoisotopic (exact) mass is 304 g/mol. The molecule has 2 heterocycles. The van der Waals surface area contributed by atoms with Crippen LogP contribution in [0, 0.1) is 11.3 Å². The molecule has 0 radical (unpaired) electrons. The summed E-state index contributed by atoms with van der Waals surface area (Å²) in [6.07, 6.45) is 8.90. The van der Waals surface area contributed by atoms with Gasteiger partial charge in [-0.15, -0.1) is 10.2 Å². The van der Waals surface area contributed by atoms with Crippen molar-refractivity contribution in [2.24, 2.45) is 11.3 Å². The summed E-state index contributed by atoms with van der Waals surface area (Å²) in [6.45, 7) is 5.91. The molecule has 0 atom stereocenters. The lowest BCUT2D eigenvalue weighted by molar-refractivity contribution is -0.137. The molecule has 0 bridgehead atoms. The normalized spacial score (nSPS) is 20.1. The predicted octanol–water partition coefficient (Wildman–Crippen LogP) is 2.84. The lowest BCUT2D eigenvalue weighted by Crippen LogP contribution is -2.46. The maximum atomic E-state index is 12.6. The third-order valence-corrected chi connectivity index (χ3v) is 5.18. The van der Waals surface area contributed by atoms with Gasteiger partial charge in [0.15, 0.2) is 5.82 Å². The van der Waals surface area contributed by atoms with E-state index >= 15 is 0 Å². The van der Waals surface area contributed by atoms with E-state index in [0.29, 0.717) is 12.5 Å². The van der Waals surface area contributed by atoms with Crippen LogP contribution in [0.25, 0.3) is 0 Å². The van der Waals surface area contributed by atoms with E-state index in [4.69, 9.17) is 0 Å². The van der Waals surface area contributed by atoms with Gasteiger partial charge in [0.1, 0.15) is 5.82 Å². The summed E-state index contributed by atoms with van der Waals surface area (Å²) >= 11 is 0. The van der Waals surface area contributed by atoms with Crippen molar-refractivity contribution in [3.05, 3.63) is 11.6 Å². The van der Waals surface area contributed by atoms with Gasteiger partial charge in [0.2, 0.25) is 5.91 Å². The van der Waals surface area contributed by atoms with E-state index in [1.807, 2.05) is 0 Å². The summed E-state index contributed by atoms with van der Waals surface area (Å²) in [5.41, 5.74) is -0.115. The van der Waals surface area contributed by atoms with E-state index in [9.17, 15) is 4.79 Å². The molecule has 1 aromatic heterocycles. The number of carbonyl (C=O) groups excluding carboxylic acids is 1. The molecule has 122 valence electrons. The number of nitrogens with zero attached hydrogens (tertiary/aromatic N) is 3. The standard InChI is InChI=1S/C17H28N4O/c1-13(2)11-17(8-6-9-17)16(22)18-12-15-20-19-14-7-4-3-5-10-21(14)15/h13H,3-12H2,1-2H3,(H,18,22). The molecule has 2 aliphatic rings. The largest absolute Gasteiger partial charge is 0.348 e. The summed E-state index contributed by atoms with van der Waals surface area (Å²) in [6, 6.07) is 0. The molecule has 1 N–H and O–H groups in total. The van der Waals surface area contributed by atoms with Gasteiger partial charge in [0.05, 0.1) is 6.54 Å². The quantitative estimate of drug-likeness (QED) is 0.910. The molecular weight excluding hydrogens is 276 g/mol. The Labute approximate surface area is 132 Å². The van der Waals surface area contributed by atoms with Crippen molar-refractivity contribution < 1.29 is 4.79 Å². The number of aromatic nitrogens is 3. The van der Waals surface area contributed by atoms with Gasteiger partial charge in [-0.1, -0.05) is 26.7 Å². The average molecular weight is 304 g/mol. The molecule has 1 aliphatic heterocycles. The van der Waals surface area contributed by atoms with Gasteiger partial charge in [-0.2, -0.15) is 0 Å². The van der Waals surface area contributed by atoms with Crippen molar-refractivity contribution >= 4 is 5.91 Å². The van der Waals surface area contributed by atoms with Crippen molar-refractivity contribution in [2.45, 2.75) is 78.3 Å². The number of rotatable bonds is 5. The predicted molar refractivity (Wildman–Crippen MR) is 85.2 cm³/mol. The molecule has 1 amide bonds. The Balaban J connectivity index is 1.63. The van der Waals surface area contributed by atoms with Crippen molar-refractivity contribution in [3.8, 4) is 0 Å². The van der Waals surface area contributed by atoms with Crippen LogP contribution >= 0.6 is 0 Å². The van der Waals surface area contributed by atoms with E-state index < -0.39 is 0 Å². The van der Waals surface area contributed by atoms with Gasteiger partial charge in [-0.3, -0.25) is 4.79 Å². The number of aryl methyl sites for hydroxylation is 1. The van der Waals surface area contributed by atoms with E-state index in [1.54, 1.807) is 0 Å². The Morgan fingerprint density at radius 2 is 2.05 bits per heavy atom. The van der Waals surface area contributed by atoms with Crippen molar-refractivity contribution in [3.63, 3.8) is 0 Å². The van der Waals surface area contributed by atoms with Crippen molar-refractivity contribution in [1.82, 2.24) is 20.1 Å². The first-order valence-electron chi connectivity index (χ1n) is 8.80. The first kappa shape index (κ1) is 15.5. The molecule has 5 nitrogen and oxygen atoms in total. The Hall–Kier alpha value is -1.39. The zero-order valence-corrected chi connectivity index (χ0v) is 13.9. The number of carbonyl (C=O) groups is 1. The Kier molecular flexibility index (Phi) is 4.50. The van der Waals surface area contributed by atoms with Gasteiger partial charge < -0.3 is 9.88 Å². The number of amides is 1. The molecule has 5 heteroatoms. The second-order valence-corrected chi connectivity index (χ2v) is 7.41. The van der Waals surface area contributed by atoms with E-state index in [1.165, 1.54) is 25.7 Å². The smallest absolute Gasteiger partial charge is 0.226 e. The number of nitrogens with one attached hydrogen (secondary N) is 1. The first-order chi connectivity index (χ1) is 10.6. The fourth-order valence-electron chi connectivity index (χ4n) is 3.93. The fraction of sp³-hybridized carbons (Fsp3) is 0.824. The Morgan fingerprint density at radius 3 is 2.73 bits per heavy atom. The molecule has 0 saturated heterocycles. The summed E-state index contributed by atoms with van der Waals surface area (Å²) < 4.78 is 2.21. The number of hydrogen-bond donors (Lipinski definition) is 1. The number of fused-ring (bicyclic) bond motifs is 1. The molecule has 1 saturated carbocycles. The maximum Gasteiger partial charge on any atom is 0.226 e. The second kappa shape index (κ2) is 6.39. The van der Waals surface area contributed by atoms with Crippen LogP contribution in [0.15, 0.2) is 0 Å². The molecule has 1 aromatic rings. The van der Waals surface area contributed by atoms with Gasteiger partial charge >= 0.3 is 0 Å². The van der Waals surface area contributed by atoms with Crippen LogP contribution in [-0.4, -0.2) is 20.7 Å². The second-order valence-electron chi connectivity index (χ2n) is 7.41. The van der Waals surface area contributed by atoms with Crippen LogP contribution < -0.4 is 5.32 Å². The zero-order valence-electron chi connectivity index (χ0n) is 13.9. The van der Waals surface area contributed by atoms with Crippen LogP contribution in [-0.2, 0) is 24.3 Å². The minimum absolute atomic E-state index is 0.115.